The molecule has 2 aliphatic rings. The van der Waals surface area contributed by atoms with E-state index >= 15 is 0 Å². The maximum absolute atomic E-state index is 14.2. The van der Waals surface area contributed by atoms with Crippen molar-refractivity contribution in [3.05, 3.63) is 82.9 Å². The molecule has 0 radical (unpaired) electrons. The van der Waals surface area contributed by atoms with Crippen LogP contribution in [-0.4, -0.2) is 57.3 Å². The molecule has 3 aromatic carbocycles. The number of piperidine rings is 1. The number of aromatic carboxylic acids is 1. The van der Waals surface area contributed by atoms with Gasteiger partial charge < -0.3 is 25.4 Å². The Morgan fingerprint density at radius 2 is 1.55 bits per heavy atom. The smallest absolute Gasteiger partial charge is 0.410 e. The molecule has 3 aromatic rings. The number of rotatable bonds is 6. The van der Waals surface area contributed by atoms with Gasteiger partial charge in [-0.3, -0.25) is 9.59 Å². The first kappa shape index (κ1) is 29.3. The normalized spacial score (nSPS) is 17.0. The summed E-state index contributed by atoms with van der Waals surface area (Å²) in [5, 5.41) is 11.4. The zero-order chi connectivity index (χ0) is 30.2. The number of carboxylic acid groups (broad SMARTS) is 1. The number of carboxylic acids is 1. The van der Waals surface area contributed by atoms with Crippen molar-refractivity contribution in [3.8, 4) is 0 Å². The van der Waals surface area contributed by atoms with E-state index in [-0.39, 0.29) is 30.3 Å². The number of Topliss-reactive ketones (excluding diaryl/α,β-unsaturated/α-hetero) is 1. The minimum Gasteiger partial charge on any atom is -0.478 e. The molecule has 0 saturated carbocycles. The SMILES string of the molecule is CC(C)(C)OC(=O)N1CCC(C(=O)C(C(=O)N2Cc3ccc(C(=O)O)cc3C2)C(N)c2ccc3ccccc3c2)CC1. The Morgan fingerprint density at radius 1 is 0.881 bits per heavy atom. The first-order valence-corrected chi connectivity index (χ1v) is 14.3. The number of hydrogen-bond donors (Lipinski definition) is 2. The van der Waals surface area contributed by atoms with Gasteiger partial charge in [0.25, 0.3) is 0 Å². The van der Waals surface area contributed by atoms with Gasteiger partial charge in [-0.25, -0.2) is 9.59 Å². The molecule has 2 unspecified atom stereocenters. The van der Waals surface area contributed by atoms with Gasteiger partial charge >= 0.3 is 12.1 Å². The van der Waals surface area contributed by atoms with Gasteiger partial charge in [-0.05, 0) is 79.3 Å². The van der Waals surface area contributed by atoms with Gasteiger partial charge in [-0.15, -0.1) is 0 Å². The van der Waals surface area contributed by atoms with Crippen LogP contribution in [-0.2, 0) is 27.4 Å². The summed E-state index contributed by atoms with van der Waals surface area (Å²) in [7, 11) is 0. The number of likely N-dealkylation sites (tertiary alicyclic amines) is 1. The molecule has 0 spiro atoms. The Bertz CT molecular complexity index is 1540. The molecule has 2 heterocycles. The van der Waals surface area contributed by atoms with Crippen molar-refractivity contribution < 1.29 is 29.0 Å². The van der Waals surface area contributed by atoms with Crippen molar-refractivity contribution in [2.75, 3.05) is 13.1 Å². The number of benzene rings is 3. The van der Waals surface area contributed by atoms with Crippen molar-refractivity contribution in [3.63, 3.8) is 0 Å². The number of ketones is 1. The summed E-state index contributed by atoms with van der Waals surface area (Å²) in [4.78, 5) is 55.6. The minimum atomic E-state index is -1.13. The van der Waals surface area contributed by atoms with Gasteiger partial charge in [-0.2, -0.15) is 0 Å². The van der Waals surface area contributed by atoms with E-state index < -0.39 is 35.5 Å². The summed E-state index contributed by atoms with van der Waals surface area (Å²) < 4.78 is 5.50. The van der Waals surface area contributed by atoms with Crippen LogP contribution in [0.15, 0.2) is 60.7 Å². The molecule has 3 N–H and O–H groups in total. The average Bonchev–Trinajstić information content (AvgIpc) is 3.40. The summed E-state index contributed by atoms with van der Waals surface area (Å²) in [5.41, 5.74) is 8.62. The van der Waals surface area contributed by atoms with E-state index in [1.807, 2.05) is 63.2 Å². The molecule has 5 rings (SSSR count). The van der Waals surface area contributed by atoms with Crippen molar-refractivity contribution in [1.82, 2.24) is 9.80 Å². The van der Waals surface area contributed by atoms with Gasteiger partial charge in [0.05, 0.1) is 5.56 Å². The third kappa shape index (κ3) is 6.16. The number of nitrogens with zero attached hydrogens (tertiary/aromatic N) is 2. The average molecular weight is 572 g/mol. The highest BCUT2D eigenvalue weighted by Crippen LogP contribution is 2.34. The zero-order valence-electron chi connectivity index (χ0n) is 24.2. The van der Waals surface area contributed by atoms with Crippen LogP contribution in [0.3, 0.4) is 0 Å². The quantitative estimate of drug-likeness (QED) is 0.402. The summed E-state index contributed by atoms with van der Waals surface area (Å²) in [5.74, 6) is -3.20. The van der Waals surface area contributed by atoms with Crippen molar-refractivity contribution >= 4 is 34.5 Å². The first-order chi connectivity index (χ1) is 19.9. The fraction of sp³-hybridized carbons (Fsp3) is 0.394. The number of amides is 2. The molecule has 1 saturated heterocycles. The third-order valence-corrected chi connectivity index (χ3v) is 8.13. The lowest BCUT2D eigenvalue weighted by molar-refractivity contribution is -0.145. The molecule has 220 valence electrons. The number of hydrogen-bond acceptors (Lipinski definition) is 6. The second kappa shape index (κ2) is 11.6. The molecular formula is C33H37N3O6. The summed E-state index contributed by atoms with van der Waals surface area (Å²) >= 11 is 0. The van der Waals surface area contributed by atoms with Crippen LogP contribution >= 0.6 is 0 Å². The van der Waals surface area contributed by atoms with E-state index in [9.17, 15) is 24.3 Å². The number of nitrogens with two attached hydrogens (primary N) is 1. The monoisotopic (exact) mass is 571 g/mol. The topological polar surface area (TPSA) is 130 Å². The van der Waals surface area contributed by atoms with E-state index in [2.05, 4.69) is 0 Å². The van der Waals surface area contributed by atoms with Crippen molar-refractivity contribution in [1.29, 1.82) is 0 Å². The number of ether oxygens (including phenoxy) is 1. The predicted octanol–water partition coefficient (Wildman–Crippen LogP) is 4.91. The highest BCUT2D eigenvalue weighted by molar-refractivity contribution is 6.03. The third-order valence-electron chi connectivity index (χ3n) is 8.13. The highest BCUT2D eigenvalue weighted by atomic mass is 16.6. The minimum absolute atomic E-state index is 0.153. The maximum atomic E-state index is 14.2. The summed E-state index contributed by atoms with van der Waals surface area (Å²) in [6.07, 6.45) is 0.410. The lowest BCUT2D eigenvalue weighted by Gasteiger charge is -2.35. The molecule has 2 atom stereocenters. The van der Waals surface area contributed by atoms with Gasteiger partial charge in [-0.1, -0.05) is 42.5 Å². The molecule has 0 aromatic heterocycles. The first-order valence-electron chi connectivity index (χ1n) is 14.3. The van der Waals surface area contributed by atoms with E-state index in [0.29, 0.717) is 31.5 Å². The van der Waals surface area contributed by atoms with Crippen LogP contribution in [0.2, 0.25) is 0 Å². The van der Waals surface area contributed by atoms with Crippen LogP contribution in [0.5, 0.6) is 0 Å². The maximum Gasteiger partial charge on any atom is 0.410 e. The summed E-state index contributed by atoms with van der Waals surface area (Å²) in [6.45, 7) is 6.62. The lowest BCUT2D eigenvalue weighted by atomic mass is 9.79. The van der Waals surface area contributed by atoms with Gasteiger partial charge in [0.2, 0.25) is 5.91 Å². The zero-order valence-corrected chi connectivity index (χ0v) is 24.2. The molecule has 42 heavy (non-hydrogen) atoms. The van der Waals surface area contributed by atoms with Crippen LogP contribution in [0.4, 0.5) is 4.79 Å². The largest absolute Gasteiger partial charge is 0.478 e. The lowest BCUT2D eigenvalue weighted by Crippen LogP contribution is -2.48. The van der Waals surface area contributed by atoms with Gasteiger partial charge in [0.15, 0.2) is 0 Å². The second-order valence-electron chi connectivity index (χ2n) is 12.2. The highest BCUT2D eigenvalue weighted by Gasteiger charge is 2.42. The van der Waals surface area contributed by atoms with E-state index in [1.165, 1.54) is 6.07 Å². The fourth-order valence-corrected chi connectivity index (χ4v) is 5.87. The van der Waals surface area contributed by atoms with Crippen LogP contribution in [0.1, 0.15) is 66.7 Å². The standard InChI is InChI=1S/C33H37N3O6/c1-33(2,3)42-32(41)35-14-12-21(13-15-35)29(37)27(28(34)23-9-8-20-6-4-5-7-22(20)16-23)30(38)36-18-25-11-10-24(31(39)40)17-26(25)19-36/h4-11,16-17,21,27-28H,12-15,18-19,34H2,1-3H3,(H,39,40). The Balaban J connectivity index is 1.39. The van der Waals surface area contributed by atoms with Crippen LogP contribution in [0.25, 0.3) is 10.8 Å². The molecule has 9 heteroatoms. The van der Waals surface area contributed by atoms with Crippen LogP contribution in [0, 0.1) is 11.8 Å². The number of fused-ring (bicyclic) bond motifs is 2. The molecule has 0 aliphatic carbocycles. The Morgan fingerprint density at radius 3 is 2.21 bits per heavy atom. The molecule has 1 fully saturated rings. The van der Waals surface area contributed by atoms with E-state index in [4.69, 9.17) is 10.5 Å². The number of carbonyl (C=O) groups excluding carboxylic acids is 3. The Labute approximate surface area is 245 Å². The van der Waals surface area contributed by atoms with Crippen molar-refractivity contribution in [2.45, 2.75) is 58.3 Å². The molecule has 9 nitrogen and oxygen atoms in total. The van der Waals surface area contributed by atoms with Crippen LogP contribution < -0.4 is 5.73 Å². The van der Waals surface area contributed by atoms with E-state index in [0.717, 1.165) is 21.9 Å². The number of carbonyl (C=O) groups is 4. The van der Waals surface area contributed by atoms with Crippen molar-refractivity contribution in [2.24, 2.45) is 17.6 Å². The van der Waals surface area contributed by atoms with Gasteiger partial charge in [0.1, 0.15) is 17.3 Å². The van der Waals surface area contributed by atoms with Gasteiger partial charge in [0, 0.05) is 38.1 Å². The van der Waals surface area contributed by atoms with E-state index in [1.54, 1.807) is 21.9 Å². The molecule has 2 amide bonds. The Kier molecular flexibility index (Phi) is 8.06. The second-order valence-corrected chi connectivity index (χ2v) is 12.2. The molecule has 0 bridgehead atoms. The predicted molar refractivity (Wildman–Crippen MR) is 158 cm³/mol. The molecule has 2 aliphatic heterocycles. The molecular weight excluding hydrogens is 534 g/mol. The fourth-order valence-electron chi connectivity index (χ4n) is 5.87. The summed E-state index contributed by atoms with van der Waals surface area (Å²) in [6, 6.07) is 17.5. The Hall–Kier alpha value is -4.24.